The summed E-state index contributed by atoms with van der Waals surface area (Å²) < 4.78 is 29.4. The van der Waals surface area contributed by atoms with Crippen LogP contribution in [0.1, 0.15) is 41.5 Å². The van der Waals surface area contributed by atoms with E-state index in [9.17, 15) is 9.00 Å². The van der Waals surface area contributed by atoms with E-state index in [1.54, 1.807) is 11.8 Å². The number of nitrogens with zero attached hydrogens (tertiary/aromatic N) is 3. The van der Waals surface area contributed by atoms with Crippen LogP contribution >= 0.6 is 0 Å². The summed E-state index contributed by atoms with van der Waals surface area (Å²) >= 11 is 0. The maximum atomic E-state index is 13.1. The molecule has 0 saturated carbocycles. The van der Waals surface area contributed by atoms with Gasteiger partial charge in [-0.05, 0) is 53.9 Å². The molecule has 1 aromatic carbocycles. The second-order valence-electron chi connectivity index (χ2n) is 8.20. The third-order valence-electron chi connectivity index (χ3n) is 6.08. The first-order chi connectivity index (χ1) is 14.4. The normalized spacial score (nSPS) is 22.9. The Morgan fingerprint density at radius 3 is 3.07 bits per heavy atom. The summed E-state index contributed by atoms with van der Waals surface area (Å²) in [5.74, 6) is 0.660. The Kier molecular flexibility index (Phi) is 4.60. The van der Waals surface area contributed by atoms with Crippen LogP contribution in [0.5, 0.6) is 5.88 Å². The predicted octanol–water partition coefficient (Wildman–Crippen LogP) is 2.37. The van der Waals surface area contributed by atoms with Gasteiger partial charge in [0.2, 0.25) is 5.88 Å². The SMILES string of the molecule is COC[C@H]1Cn2ncc([S@@](N)(=O)=NC(=O)Nc3c4c(cc5c3[C@@H](C)C5)CCC4)c2O1. The van der Waals surface area contributed by atoms with Crippen molar-refractivity contribution in [1.82, 2.24) is 9.78 Å². The number of fused-ring (bicyclic) bond motifs is 3. The first-order valence-corrected chi connectivity index (χ1v) is 11.7. The molecule has 1 aliphatic heterocycles. The number of nitrogens with two attached hydrogens (primary N) is 1. The molecule has 2 aromatic rings. The van der Waals surface area contributed by atoms with Crippen molar-refractivity contribution in [2.24, 2.45) is 9.50 Å². The number of methoxy groups -OCH3 is 1. The summed E-state index contributed by atoms with van der Waals surface area (Å²) in [5.41, 5.74) is 5.74. The lowest BCUT2D eigenvalue weighted by Crippen LogP contribution is -2.23. The van der Waals surface area contributed by atoms with Crippen molar-refractivity contribution >= 4 is 21.6 Å². The van der Waals surface area contributed by atoms with Gasteiger partial charge in [-0.1, -0.05) is 13.0 Å². The molecule has 3 N–H and O–H groups in total. The number of ether oxygens (including phenoxy) is 2. The highest BCUT2D eigenvalue weighted by molar-refractivity contribution is 7.91. The smallest absolute Gasteiger partial charge is 0.354 e. The molecule has 0 unspecified atom stereocenters. The number of amides is 2. The van der Waals surface area contributed by atoms with Gasteiger partial charge in [-0.2, -0.15) is 5.10 Å². The third kappa shape index (κ3) is 3.10. The number of urea groups is 1. The highest BCUT2D eigenvalue weighted by atomic mass is 32.2. The summed E-state index contributed by atoms with van der Waals surface area (Å²) in [6, 6.07) is 1.55. The van der Waals surface area contributed by atoms with Gasteiger partial charge in [-0.25, -0.2) is 18.8 Å². The number of aryl methyl sites for hydroxylation is 1. The zero-order valence-electron chi connectivity index (χ0n) is 17.0. The molecule has 3 aliphatic rings. The lowest BCUT2D eigenvalue weighted by atomic mass is 9.75. The van der Waals surface area contributed by atoms with E-state index >= 15 is 0 Å². The second-order valence-corrected chi connectivity index (χ2v) is 9.96. The zero-order valence-corrected chi connectivity index (χ0v) is 17.8. The van der Waals surface area contributed by atoms with Gasteiger partial charge < -0.3 is 14.8 Å². The fourth-order valence-corrected chi connectivity index (χ4v) is 5.76. The van der Waals surface area contributed by atoms with Crippen molar-refractivity contribution < 1.29 is 18.5 Å². The Morgan fingerprint density at radius 2 is 2.30 bits per heavy atom. The number of aromatic nitrogens is 2. The van der Waals surface area contributed by atoms with Gasteiger partial charge in [0.25, 0.3) is 0 Å². The summed E-state index contributed by atoms with van der Waals surface area (Å²) in [4.78, 5) is 12.9. The van der Waals surface area contributed by atoms with Gasteiger partial charge in [-0.15, -0.1) is 4.36 Å². The minimum Gasteiger partial charge on any atom is -0.469 e. The van der Waals surface area contributed by atoms with Crippen LogP contribution in [0.15, 0.2) is 21.5 Å². The number of nitrogens with one attached hydrogen (secondary N) is 1. The number of rotatable bonds is 4. The first-order valence-electron chi connectivity index (χ1n) is 10.1. The van der Waals surface area contributed by atoms with E-state index in [-0.39, 0.29) is 16.9 Å². The maximum absolute atomic E-state index is 13.1. The number of carbonyl (C=O) groups excluding carboxylic acids is 1. The van der Waals surface area contributed by atoms with Gasteiger partial charge in [0.15, 0.2) is 9.92 Å². The zero-order chi connectivity index (χ0) is 21.0. The van der Waals surface area contributed by atoms with Gasteiger partial charge in [-0.3, -0.25) is 0 Å². The first kappa shape index (κ1) is 19.5. The molecule has 0 saturated heterocycles. The van der Waals surface area contributed by atoms with Crippen LogP contribution in [0.3, 0.4) is 0 Å². The molecule has 1 aromatic heterocycles. The van der Waals surface area contributed by atoms with Crippen LogP contribution in [-0.4, -0.2) is 39.8 Å². The molecular weight excluding hydrogens is 406 g/mol. The molecule has 3 atom stereocenters. The van der Waals surface area contributed by atoms with E-state index in [2.05, 4.69) is 27.8 Å². The van der Waals surface area contributed by atoms with E-state index in [0.717, 1.165) is 31.4 Å². The molecule has 0 fully saturated rings. The average Bonchev–Trinajstić information content (AvgIpc) is 3.35. The molecule has 2 aliphatic carbocycles. The average molecular weight is 432 g/mol. The predicted molar refractivity (Wildman–Crippen MR) is 111 cm³/mol. The lowest BCUT2D eigenvalue weighted by Gasteiger charge is -2.31. The lowest BCUT2D eigenvalue weighted by molar-refractivity contribution is 0.0920. The van der Waals surface area contributed by atoms with Crippen LogP contribution in [0.2, 0.25) is 0 Å². The van der Waals surface area contributed by atoms with Crippen LogP contribution in [-0.2, 0) is 40.5 Å². The monoisotopic (exact) mass is 431 g/mol. The van der Waals surface area contributed by atoms with E-state index in [0.29, 0.717) is 19.1 Å². The maximum Gasteiger partial charge on any atom is 0.354 e. The molecule has 0 spiro atoms. The minimum atomic E-state index is -3.52. The Labute approximate surface area is 175 Å². The molecule has 30 heavy (non-hydrogen) atoms. The van der Waals surface area contributed by atoms with Crippen molar-refractivity contribution in [3.05, 3.63) is 34.5 Å². The molecule has 2 heterocycles. The number of anilines is 1. The van der Waals surface area contributed by atoms with Crippen LogP contribution < -0.4 is 15.2 Å². The Morgan fingerprint density at radius 1 is 1.47 bits per heavy atom. The van der Waals surface area contributed by atoms with Gasteiger partial charge in [0, 0.05) is 12.8 Å². The fraction of sp³-hybridized carbons (Fsp3) is 0.500. The molecule has 0 radical (unpaired) electrons. The Balaban J connectivity index is 1.44. The van der Waals surface area contributed by atoms with Crippen molar-refractivity contribution in [2.75, 3.05) is 19.0 Å². The molecule has 5 rings (SSSR count). The van der Waals surface area contributed by atoms with Crippen LogP contribution in [0.4, 0.5) is 10.5 Å². The van der Waals surface area contributed by atoms with Crippen molar-refractivity contribution in [1.29, 1.82) is 0 Å². The van der Waals surface area contributed by atoms with E-state index in [1.807, 2.05) is 0 Å². The Bertz CT molecular complexity index is 1160. The topological polar surface area (TPSA) is 121 Å². The highest BCUT2D eigenvalue weighted by Crippen LogP contribution is 2.45. The van der Waals surface area contributed by atoms with E-state index in [4.69, 9.17) is 14.6 Å². The molecule has 10 heteroatoms. The van der Waals surface area contributed by atoms with Gasteiger partial charge in [0.1, 0.15) is 11.0 Å². The number of benzene rings is 1. The highest BCUT2D eigenvalue weighted by Gasteiger charge is 2.33. The number of carbonyl (C=O) groups is 1. The fourth-order valence-electron chi connectivity index (χ4n) is 4.77. The third-order valence-corrected chi connectivity index (χ3v) is 7.42. The Hall–Kier alpha value is -2.43. The molecule has 0 bridgehead atoms. The van der Waals surface area contributed by atoms with Gasteiger partial charge in [0.05, 0.1) is 19.3 Å². The quantitative estimate of drug-likeness (QED) is 0.770. The van der Waals surface area contributed by atoms with Crippen molar-refractivity contribution in [3.63, 3.8) is 0 Å². The number of hydrogen-bond donors (Lipinski definition) is 2. The van der Waals surface area contributed by atoms with Crippen LogP contribution in [0, 0.1) is 0 Å². The molecular formula is C20H25N5O4S. The minimum absolute atomic E-state index is 0.121. The molecule has 2 amide bonds. The largest absolute Gasteiger partial charge is 0.469 e. The second kappa shape index (κ2) is 7.07. The van der Waals surface area contributed by atoms with Crippen molar-refractivity contribution in [3.8, 4) is 5.88 Å². The summed E-state index contributed by atoms with van der Waals surface area (Å²) in [6.07, 6.45) is 5.14. The molecule has 160 valence electrons. The van der Waals surface area contributed by atoms with E-state index in [1.165, 1.54) is 28.5 Å². The summed E-state index contributed by atoms with van der Waals surface area (Å²) in [5, 5.41) is 13.0. The van der Waals surface area contributed by atoms with Gasteiger partial charge >= 0.3 is 6.03 Å². The summed E-state index contributed by atoms with van der Waals surface area (Å²) in [6.45, 7) is 2.98. The number of hydrogen-bond acceptors (Lipinski definition) is 5. The standard InChI is InChI=1S/C20H25N5O4S/c1-11-6-13-7-12-4-3-5-15(12)18(17(11)13)23-20(26)24-30(21,27)16-8-22-25-9-14(10-28-2)29-19(16)25/h7-8,11,14H,3-6,9-10H2,1-2H3,(H3,21,23,24,26,27)/t11-,14+,30-/m0/s1. The molecule has 9 nitrogen and oxygen atoms in total. The van der Waals surface area contributed by atoms with Crippen LogP contribution in [0.25, 0.3) is 0 Å². The van der Waals surface area contributed by atoms with Crippen molar-refractivity contribution in [2.45, 2.75) is 56.1 Å². The van der Waals surface area contributed by atoms with E-state index < -0.39 is 15.9 Å². The summed E-state index contributed by atoms with van der Waals surface area (Å²) in [7, 11) is -1.94.